The lowest BCUT2D eigenvalue weighted by atomic mass is 9.69. The van der Waals surface area contributed by atoms with Gasteiger partial charge in [0, 0.05) is 11.0 Å². The molecule has 5 rings (SSSR count). The van der Waals surface area contributed by atoms with Gasteiger partial charge in [0.15, 0.2) is 0 Å². The van der Waals surface area contributed by atoms with Crippen molar-refractivity contribution in [3.8, 4) is 0 Å². The number of sulfonamides is 1. The molecule has 1 aliphatic heterocycles. The van der Waals surface area contributed by atoms with E-state index in [9.17, 15) is 8.42 Å². The van der Waals surface area contributed by atoms with Crippen molar-refractivity contribution in [3.05, 3.63) is 99.5 Å². The topological polar surface area (TPSA) is 37.4 Å². The van der Waals surface area contributed by atoms with Crippen LogP contribution in [0.1, 0.15) is 47.1 Å². The lowest BCUT2D eigenvalue weighted by Crippen LogP contribution is -2.46. The molecule has 3 nitrogen and oxygen atoms in total. The van der Waals surface area contributed by atoms with Crippen molar-refractivity contribution in [1.29, 1.82) is 0 Å². The Hall–Kier alpha value is -1.95. The molecule has 1 aliphatic carbocycles. The fourth-order valence-electron chi connectivity index (χ4n) is 5.27. The van der Waals surface area contributed by atoms with Crippen LogP contribution in [0.15, 0.2) is 82.2 Å². The van der Waals surface area contributed by atoms with Crippen molar-refractivity contribution >= 4 is 26.0 Å². The first-order valence-electron chi connectivity index (χ1n) is 10.9. The molecular weight excluding hydrogens is 470 g/mol. The number of piperidine rings is 1. The molecule has 31 heavy (non-hydrogen) atoms. The molecule has 3 aromatic carbocycles. The van der Waals surface area contributed by atoms with Gasteiger partial charge in [-0.05, 0) is 79.0 Å². The Bertz CT molecular complexity index is 1190. The molecule has 1 saturated heterocycles. The second kappa shape index (κ2) is 8.19. The Balaban J connectivity index is 1.58. The molecule has 1 fully saturated rings. The van der Waals surface area contributed by atoms with Gasteiger partial charge >= 0.3 is 0 Å². The average Bonchev–Trinajstić information content (AvgIpc) is 2.79. The highest BCUT2D eigenvalue weighted by molar-refractivity contribution is 9.10. The number of hydrogen-bond acceptors (Lipinski definition) is 2. The van der Waals surface area contributed by atoms with Crippen LogP contribution in [0.5, 0.6) is 0 Å². The van der Waals surface area contributed by atoms with Crippen LogP contribution in [0, 0.1) is 12.8 Å². The van der Waals surface area contributed by atoms with Crippen molar-refractivity contribution in [2.45, 2.75) is 43.0 Å². The fourth-order valence-corrected chi connectivity index (χ4v) is 7.22. The summed E-state index contributed by atoms with van der Waals surface area (Å²) < 4.78 is 30.3. The van der Waals surface area contributed by atoms with Gasteiger partial charge in [0.2, 0.25) is 10.0 Å². The Morgan fingerprint density at radius 1 is 0.935 bits per heavy atom. The van der Waals surface area contributed by atoms with Crippen molar-refractivity contribution in [1.82, 2.24) is 4.31 Å². The first-order chi connectivity index (χ1) is 14.9. The van der Waals surface area contributed by atoms with E-state index in [4.69, 9.17) is 0 Å². The van der Waals surface area contributed by atoms with E-state index in [-0.39, 0.29) is 6.04 Å². The molecule has 3 atom stereocenters. The summed E-state index contributed by atoms with van der Waals surface area (Å²) in [7, 11) is -3.59. The van der Waals surface area contributed by atoms with Gasteiger partial charge in [-0.2, -0.15) is 4.31 Å². The van der Waals surface area contributed by atoms with Crippen LogP contribution in [-0.4, -0.2) is 19.3 Å². The summed E-state index contributed by atoms with van der Waals surface area (Å²) in [5.41, 5.74) is 4.95. The number of halogens is 1. The molecule has 160 valence electrons. The Labute approximate surface area is 193 Å². The van der Waals surface area contributed by atoms with Crippen molar-refractivity contribution in [2.24, 2.45) is 5.92 Å². The Kier molecular flexibility index (Phi) is 5.53. The van der Waals surface area contributed by atoms with Crippen LogP contribution < -0.4 is 0 Å². The zero-order valence-corrected chi connectivity index (χ0v) is 19.9. The summed E-state index contributed by atoms with van der Waals surface area (Å²) in [5.74, 6) is 0.741. The van der Waals surface area contributed by atoms with Gasteiger partial charge in [0.1, 0.15) is 0 Å². The highest BCUT2D eigenvalue weighted by atomic mass is 79.9. The van der Waals surface area contributed by atoms with E-state index < -0.39 is 10.0 Å². The third-order valence-corrected chi connectivity index (χ3v) is 9.35. The molecule has 1 heterocycles. The second-order valence-electron chi connectivity index (χ2n) is 8.79. The van der Waals surface area contributed by atoms with E-state index in [1.54, 1.807) is 16.4 Å². The molecular formula is C26H26BrNO2S. The Morgan fingerprint density at radius 3 is 2.39 bits per heavy atom. The lowest BCUT2D eigenvalue weighted by Gasteiger charge is -2.46. The van der Waals surface area contributed by atoms with Crippen LogP contribution in [-0.2, 0) is 16.4 Å². The molecule has 2 aliphatic rings. The highest BCUT2D eigenvalue weighted by Crippen LogP contribution is 2.49. The van der Waals surface area contributed by atoms with Crippen molar-refractivity contribution in [2.75, 3.05) is 6.54 Å². The number of rotatable bonds is 3. The standard InChI is InChI=1S/C26H26BrNO2S/c1-18-6-14-23(15-7-18)31(29,30)28-17-21-9-8-19-4-2-3-5-24(19)25(21)16-26(28)20-10-12-22(27)13-11-20/h2-7,10-15,21,25-26H,8-9,16-17H2,1H3/t21-,25-,26-/m1/s1. The summed E-state index contributed by atoms with van der Waals surface area (Å²) in [6.07, 6.45) is 2.88. The number of nitrogens with zero attached hydrogens (tertiary/aromatic N) is 1. The minimum absolute atomic E-state index is 0.174. The van der Waals surface area contributed by atoms with E-state index in [0.29, 0.717) is 23.3 Å². The zero-order chi connectivity index (χ0) is 21.6. The number of hydrogen-bond donors (Lipinski definition) is 0. The van der Waals surface area contributed by atoms with Gasteiger partial charge in [0.25, 0.3) is 0 Å². The van der Waals surface area contributed by atoms with E-state index in [1.807, 2.05) is 31.2 Å². The van der Waals surface area contributed by atoms with E-state index >= 15 is 0 Å². The van der Waals surface area contributed by atoms with Crippen LogP contribution in [0.3, 0.4) is 0 Å². The lowest BCUT2D eigenvalue weighted by molar-refractivity contribution is 0.156. The molecule has 5 heteroatoms. The summed E-state index contributed by atoms with van der Waals surface area (Å²) in [4.78, 5) is 0.384. The van der Waals surface area contributed by atoms with E-state index in [1.165, 1.54) is 11.1 Å². The summed E-state index contributed by atoms with van der Waals surface area (Å²) in [6.45, 7) is 2.54. The quantitative estimate of drug-likeness (QED) is 0.431. The predicted octanol–water partition coefficient (Wildman–Crippen LogP) is 6.24. The van der Waals surface area contributed by atoms with Crippen LogP contribution >= 0.6 is 15.9 Å². The SMILES string of the molecule is Cc1ccc(S(=O)(=O)N2C[C@H]3CCc4ccccc4[C@@H]3C[C@@H]2c2ccc(Br)cc2)cc1. The maximum Gasteiger partial charge on any atom is 0.243 e. The van der Waals surface area contributed by atoms with E-state index in [2.05, 4.69) is 52.3 Å². The molecule has 0 bridgehead atoms. The highest BCUT2D eigenvalue weighted by Gasteiger charge is 2.44. The number of aryl methyl sites for hydroxylation is 2. The zero-order valence-electron chi connectivity index (χ0n) is 17.5. The largest absolute Gasteiger partial charge is 0.243 e. The average molecular weight is 496 g/mol. The molecule has 0 amide bonds. The van der Waals surface area contributed by atoms with Gasteiger partial charge in [-0.1, -0.05) is 70.0 Å². The van der Waals surface area contributed by atoms with Crippen molar-refractivity contribution in [3.63, 3.8) is 0 Å². The third kappa shape index (κ3) is 3.88. The van der Waals surface area contributed by atoms with Gasteiger partial charge in [-0.25, -0.2) is 8.42 Å². The molecule has 3 aromatic rings. The maximum atomic E-state index is 13.8. The second-order valence-corrected chi connectivity index (χ2v) is 11.6. The number of fused-ring (bicyclic) bond motifs is 3. The van der Waals surface area contributed by atoms with Gasteiger partial charge < -0.3 is 0 Å². The molecule has 0 spiro atoms. The minimum Gasteiger partial charge on any atom is -0.207 e. The first-order valence-corrected chi connectivity index (χ1v) is 13.1. The van der Waals surface area contributed by atoms with Crippen LogP contribution in [0.2, 0.25) is 0 Å². The van der Waals surface area contributed by atoms with Gasteiger partial charge in [0.05, 0.1) is 10.9 Å². The van der Waals surface area contributed by atoms with Gasteiger partial charge in [-0.15, -0.1) is 0 Å². The summed E-state index contributed by atoms with van der Waals surface area (Å²) in [6, 6.07) is 23.9. The predicted molar refractivity (Wildman–Crippen MR) is 128 cm³/mol. The molecule has 0 N–H and O–H groups in total. The maximum absolute atomic E-state index is 13.8. The minimum atomic E-state index is -3.59. The van der Waals surface area contributed by atoms with Crippen molar-refractivity contribution < 1.29 is 8.42 Å². The summed E-state index contributed by atoms with van der Waals surface area (Å²) >= 11 is 3.51. The Morgan fingerprint density at radius 2 is 1.65 bits per heavy atom. The van der Waals surface area contributed by atoms with Crippen LogP contribution in [0.25, 0.3) is 0 Å². The summed E-state index contributed by atoms with van der Waals surface area (Å²) in [5, 5.41) is 0. The molecule has 0 unspecified atom stereocenters. The molecule has 0 saturated carbocycles. The number of benzene rings is 3. The van der Waals surface area contributed by atoms with Gasteiger partial charge in [-0.3, -0.25) is 0 Å². The normalized spacial score (nSPS) is 23.7. The first kappa shape index (κ1) is 20.9. The molecule has 0 radical (unpaired) electrons. The van der Waals surface area contributed by atoms with Crippen LogP contribution in [0.4, 0.5) is 0 Å². The van der Waals surface area contributed by atoms with E-state index in [0.717, 1.165) is 34.9 Å². The molecule has 0 aromatic heterocycles. The fraction of sp³-hybridized carbons (Fsp3) is 0.308. The third-order valence-electron chi connectivity index (χ3n) is 6.93. The monoisotopic (exact) mass is 495 g/mol. The smallest absolute Gasteiger partial charge is 0.207 e.